The van der Waals surface area contributed by atoms with Gasteiger partial charge in [0.2, 0.25) is 0 Å². The number of nitrogens with zero attached hydrogens (tertiary/aromatic N) is 2. The first-order valence-corrected chi connectivity index (χ1v) is 3.70. The second-order valence-corrected chi connectivity index (χ2v) is 2.05. The van der Waals surface area contributed by atoms with Crippen molar-refractivity contribution < 1.29 is 0 Å². The molecule has 0 spiro atoms. The smallest absolute Gasteiger partial charge is 0.0267 e. The summed E-state index contributed by atoms with van der Waals surface area (Å²) in [6.07, 6.45) is 7.00. The highest BCUT2D eigenvalue weighted by Crippen LogP contribution is 1.74. The Labute approximate surface area is 105 Å². The van der Waals surface area contributed by atoms with Gasteiger partial charge in [-0.3, -0.25) is 9.97 Å². The van der Waals surface area contributed by atoms with Crippen LogP contribution >= 0.6 is 34.0 Å². The molecule has 0 bridgehead atoms. The van der Waals surface area contributed by atoms with Gasteiger partial charge in [-0.05, 0) is 24.3 Å². The minimum atomic E-state index is 0. The molecule has 0 aromatic carbocycles. The normalized spacial score (nSPS) is 6.86. The Balaban J connectivity index is 0. The molecule has 0 N–H and O–H groups in total. The average Bonchev–Trinajstić information content (AvgIpc) is 2.24. The van der Waals surface area contributed by atoms with Crippen LogP contribution in [-0.4, -0.2) is 9.97 Å². The fourth-order valence-electron chi connectivity index (χ4n) is 0.625. The maximum Gasteiger partial charge on any atom is 0.0267 e. The van der Waals surface area contributed by atoms with Crippen molar-refractivity contribution in [2.45, 2.75) is 0 Å². The number of halogens is 2. The van der Waals surface area contributed by atoms with Gasteiger partial charge < -0.3 is 0 Å². The van der Waals surface area contributed by atoms with E-state index in [1.54, 1.807) is 24.8 Å². The number of rotatable bonds is 0. The minimum absolute atomic E-state index is 0. The van der Waals surface area contributed by atoms with Crippen LogP contribution in [0.5, 0.6) is 0 Å². The van der Waals surface area contributed by atoms with Crippen molar-refractivity contribution in [2.24, 2.45) is 0 Å². The summed E-state index contributed by atoms with van der Waals surface area (Å²) in [6, 6.07) is 11.4. The Bertz CT molecular complexity index is 192. The lowest BCUT2D eigenvalue weighted by molar-refractivity contribution is 1.33. The molecule has 0 fully saturated rings. The lowest BCUT2D eigenvalue weighted by Gasteiger charge is -1.70. The van der Waals surface area contributed by atoms with Gasteiger partial charge in [-0.25, -0.2) is 0 Å². The standard InChI is InChI=1S/2C5H5N.2BrH/c2*1-2-4-6-5-3-1;;/h2*1-5H;2*1H. The van der Waals surface area contributed by atoms with Crippen LogP contribution in [-0.2, 0) is 0 Å². The van der Waals surface area contributed by atoms with E-state index in [2.05, 4.69) is 9.97 Å². The number of hydrogen-bond acceptors (Lipinski definition) is 2. The van der Waals surface area contributed by atoms with Gasteiger partial charge in [-0.2, -0.15) is 0 Å². The summed E-state index contributed by atoms with van der Waals surface area (Å²) in [5.41, 5.74) is 0. The third kappa shape index (κ3) is 9.35. The number of hydrogen-bond donors (Lipinski definition) is 0. The van der Waals surface area contributed by atoms with Gasteiger partial charge in [-0.1, -0.05) is 12.1 Å². The third-order valence-corrected chi connectivity index (χ3v) is 1.13. The molecule has 0 unspecified atom stereocenters. The number of aromatic nitrogens is 2. The highest BCUT2D eigenvalue weighted by Gasteiger charge is 1.59. The van der Waals surface area contributed by atoms with Gasteiger partial charge in [0.1, 0.15) is 0 Å². The Kier molecular flexibility index (Phi) is 13.8. The van der Waals surface area contributed by atoms with E-state index in [1.807, 2.05) is 36.4 Å². The van der Waals surface area contributed by atoms with E-state index in [4.69, 9.17) is 0 Å². The van der Waals surface area contributed by atoms with Gasteiger partial charge in [0, 0.05) is 24.8 Å². The highest BCUT2D eigenvalue weighted by atomic mass is 79.9. The third-order valence-electron chi connectivity index (χ3n) is 1.13. The largest absolute Gasteiger partial charge is 0.265 e. The first kappa shape index (κ1) is 15.7. The molecule has 2 heterocycles. The second-order valence-electron chi connectivity index (χ2n) is 2.05. The van der Waals surface area contributed by atoms with Crippen LogP contribution in [0.4, 0.5) is 0 Å². The maximum atomic E-state index is 3.78. The molecule has 14 heavy (non-hydrogen) atoms. The summed E-state index contributed by atoms with van der Waals surface area (Å²) in [7, 11) is 0. The SMILES string of the molecule is Br.Br.c1ccncc1.c1ccncc1. The molecule has 4 heteroatoms. The van der Waals surface area contributed by atoms with Gasteiger partial charge >= 0.3 is 0 Å². The molecule has 0 radical (unpaired) electrons. The van der Waals surface area contributed by atoms with Crippen molar-refractivity contribution in [3.63, 3.8) is 0 Å². The zero-order valence-electron chi connectivity index (χ0n) is 7.48. The molecule has 2 aromatic rings. The predicted octanol–water partition coefficient (Wildman–Crippen LogP) is 3.32. The molecule has 76 valence electrons. The molecule has 0 saturated carbocycles. The summed E-state index contributed by atoms with van der Waals surface area (Å²) >= 11 is 0. The van der Waals surface area contributed by atoms with Gasteiger partial charge in [0.15, 0.2) is 0 Å². The average molecular weight is 320 g/mol. The monoisotopic (exact) mass is 318 g/mol. The van der Waals surface area contributed by atoms with Crippen molar-refractivity contribution in [1.29, 1.82) is 0 Å². The van der Waals surface area contributed by atoms with E-state index in [-0.39, 0.29) is 34.0 Å². The predicted molar refractivity (Wildman–Crippen MR) is 69.1 cm³/mol. The Morgan fingerprint density at radius 3 is 0.786 bits per heavy atom. The van der Waals surface area contributed by atoms with E-state index < -0.39 is 0 Å². The Morgan fingerprint density at radius 2 is 0.714 bits per heavy atom. The van der Waals surface area contributed by atoms with E-state index in [0.29, 0.717) is 0 Å². The topological polar surface area (TPSA) is 25.8 Å². The fourth-order valence-corrected chi connectivity index (χ4v) is 0.625. The molecule has 2 nitrogen and oxygen atoms in total. The van der Waals surface area contributed by atoms with E-state index in [0.717, 1.165) is 0 Å². The van der Waals surface area contributed by atoms with E-state index in [9.17, 15) is 0 Å². The van der Waals surface area contributed by atoms with Gasteiger partial charge in [-0.15, -0.1) is 34.0 Å². The van der Waals surface area contributed by atoms with Crippen LogP contribution in [0.3, 0.4) is 0 Å². The fraction of sp³-hybridized carbons (Fsp3) is 0. The molecule has 0 aliphatic heterocycles. The maximum absolute atomic E-state index is 3.78. The lowest BCUT2D eigenvalue weighted by atomic mass is 10.5. The van der Waals surface area contributed by atoms with Crippen LogP contribution in [0.2, 0.25) is 0 Å². The van der Waals surface area contributed by atoms with Crippen molar-refractivity contribution in [1.82, 2.24) is 9.97 Å². The van der Waals surface area contributed by atoms with Crippen molar-refractivity contribution >= 4 is 34.0 Å². The van der Waals surface area contributed by atoms with Crippen molar-refractivity contribution in [3.05, 3.63) is 61.2 Å². The summed E-state index contributed by atoms with van der Waals surface area (Å²) in [6.45, 7) is 0. The molecule has 0 aliphatic carbocycles. The minimum Gasteiger partial charge on any atom is -0.265 e. The molecular formula is C10H12Br2N2. The second kappa shape index (κ2) is 12.3. The summed E-state index contributed by atoms with van der Waals surface area (Å²) in [5.74, 6) is 0. The van der Waals surface area contributed by atoms with Gasteiger partial charge in [0.05, 0.1) is 0 Å². The highest BCUT2D eigenvalue weighted by molar-refractivity contribution is 8.93. The van der Waals surface area contributed by atoms with Crippen LogP contribution in [0.1, 0.15) is 0 Å². The molecular weight excluding hydrogens is 308 g/mol. The summed E-state index contributed by atoms with van der Waals surface area (Å²) in [4.78, 5) is 7.57. The van der Waals surface area contributed by atoms with E-state index in [1.165, 1.54) is 0 Å². The van der Waals surface area contributed by atoms with Crippen LogP contribution in [0.25, 0.3) is 0 Å². The van der Waals surface area contributed by atoms with Gasteiger partial charge in [0.25, 0.3) is 0 Å². The molecule has 2 aromatic heterocycles. The Morgan fingerprint density at radius 1 is 0.429 bits per heavy atom. The zero-order valence-corrected chi connectivity index (χ0v) is 10.9. The first-order chi connectivity index (χ1) is 6.00. The molecule has 0 saturated heterocycles. The van der Waals surface area contributed by atoms with Crippen molar-refractivity contribution in [2.75, 3.05) is 0 Å². The number of pyridine rings is 2. The molecule has 0 aliphatic rings. The molecule has 2 rings (SSSR count). The summed E-state index contributed by atoms with van der Waals surface area (Å²) in [5, 5.41) is 0. The summed E-state index contributed by atoms with van der Waals surface area (Å²) < 4.78 is 0. The Hall–Kier alpha value is -0.740. The first-order valence-electron chi connectivity index (χ1n) is 3.70. The lowest BCUT2D eigenvalue weighted by Crippen LogP contribution is -1.58. The van der Waals surface area contributed by atoms with Crippen LogP contribution < -0.4 is 0 Å². The van der Waals surface area contributed by atoms with Crippen LogP contribution in [0, 0.1) is 0 Å². The van der Waals surface area contributed by atoms with Crippen molar-refractivity contribution in [3.8, 4) is 0 Å². The molecule has 0 atom stereocenters. The van der Waals surface area contributed by atoms with E-state index >= 15 is 0 Å². The quantitative estimate of drug-likeness (QED) is 0.744. The molecule has 0 amide bonds. The zero-order chi connectivity index (χ0) is 8.49. The van der Waals surface area contributed by atoms with Crippen LogP contribution in [0.15, 0.2) is 61.2 Å².